The molecule has 0 aromatic rings. The molecule has 0 bridgehead atoms. The van der Waals surface area contributed by atoms with Crippen molar-refractivity contribution in [2.75, 3.05) is 24.0 Å². The topological polar surface area (TPSA) is 51.2 Å². The van der Waals surface area contributed by atoms with E-state index in [0.717, 1.165) is 12.8 Å². The Hall–Kier alpha value is 0.1000. The van der Waals surface area contributed by atoms with Gasteiger partial charge < -0.3 is 0 Å². The van der Waals surface area contributed by atoms with E-state index < -0.39 is 20.6 Å². The number of hydrogen-bond acceptors (Lipinski definition) is 3. The second-order valence-electron chi connectivity index (χ2n) is 2.60. The minimum Gasteiger partial charge on any atom is -0.260 e. The lowest BCUT2D eigenvalue weighted by Crippen LogP contribution is -1.98. The maximum atomic E-state index is 10.4. The summed E-state index contributed by atoms with van der Waals surface area (Å²) in [5.74, 6) is 0.847. The van der Waals surface area contributed by atoms with Gasteiger partial charge in [-0.05, 0) is 12.8 Å². The van der Waals surface area contributed by atoms with Crippen LogP contribution in [0.5, 0.6) is 0 Å². The predicted octanol–water partition coefficient (Wildman–Crippen LogP) is 0.190. The molecule has 1 saturated heterocycles. The second kappa shape index (κ2) is 4.87. The van der Waals surface area contributed by atoms with E-state index in [2.05, 4.69) is 0 Å². The Bertz CT molecular complexity index is 202. The molecule has 0 unspecified atom stereocenters. The quantitative estimate of drug-likeness (QED) is 0.558. The van der Waals surface area contributed by atoms with Gasteiger partial charge in [0.1, 0.15) is 9.84 Å². The molecule has 0 saturated carbocycles. The van der Waals surface area contributed by atoms with Gasteiger partial charge in [-0.3, -0.25) is 4.21 Å². The van der Waals surface area contributed by atoms with Crippen molar-refractivity contribution >= 4 is 20.6 Å². The molecule has 0 amide bonds. The van der Waals surface area contributed by atoms with E-state index in [1.54, 1.807) is 12.5 Å². The molecule has 0 atom stereocenters. The van der Waals surface area contributed by atoms with Crippen molar-refractivity contribution in [1.29, 1.82) is 0 Å². The van der Waals surface area contributed by atoms with Crippen LogP contribution in [0.25, 0.3) is 0 Å². The zero-order chi connectivity index (χ0) is 8.91. The zero-order valence-electron chi connectivity index (χ0n) is 6.87. The molecule has 1 aliphatic heterocycles. The summed E-state index contributed by atoms with van der Waals surface area (Å²) in [7, 11) is -3.16. The lowest BCUT2D eigenvalue weighted by molar-refractivity contribution is 0.602. The van der Waals surface area contributed by atoms with Crippen LogP contribution in [0.15, 0.2) is 0 Å². The molecule has 68 valence electrons. The van der Waals surface area contributed by atoms with Gasteiger partial charge in [-0.25, -0.2) is 8.42 Å². The Kier molecular flexibility index (Phi) is 4.92. The average Bonchev–Trinajstić information content (AvgIpc) is 2.11. The molecule has 0 aromatic heterocycles. The maximum absolute atomic E-state index is 10.4. The third kappa shape index (κ3) is 8.00. The largest absolute Gasteiger partial charge is 0.260 e. The van der Waals surface area contributed by atoms with Crippen molar-refractivity contribution in [3.05, 3.63) is 0 Å². The number of sulfone groups is 1. The molecule has 1 aliphatic rings. The molecule has 0 aromatic carbocycles. The summed E-state index contributed by atoms with van der Waals surface area (Å²) in [5.41, 5.74) is 0. The fraction of sp³-hybridized carbons (Fsp3) is 1.00. The summed E-state index contributed by atoms with van der Waals surface area (Å²) in [6.07, 6.45) is 5.03. The summed E-state index contributed by atoms with van der Waals surface area (Å²) in [6, 6.07) is 0. The van der Waals surface area contributed by atoms with E-state index in [9.17, 15) is 12.6 Å². The van der Waals surface area contributed by atoms with Gasteiger partial charge >= 0.3 is 0 Å². The fourth-order valence-electron chi connectivity index (χ4n) is 0.746. The van der Waals surface area contributed by atoms with Crippen LogP contribution in [0.3, 0.4) is 0 Å². The molecule has 1 fully saturated rings. The van der Waals surface area contributed by atoms with Crippen molar-refractivity contribution in [2.45, 2.75) is 12.8 Å². The van der Waals surface area contributed by atoms with Gasteiger partial charge in [0.05, 0.1) is 11.5 Å². The minimum absolute atomic E-state index is 0.424. The standard InChI is InChI=1S/C4H8O2S.C2H6OS/c5-7(6)3-1-2-4-7;1-4(2)3/h1-4H2;1-2H3. The summed E-state index contributed by atoms with van der Waals surface area (Å²) < 4.78 is 30.4. The molecule has 0 radical (unpaired) electrons. The van der Waals surface area contributed by atoms with Crippen molar-refractivity contribution in [2.24, 2.45) is 0 Å². The highest BCUT2D eigenvalue weighted by Gasteiger charge is 2.16. The molecule has 1 rings (SSSR count). The van der Waals surface area contributed by atoms with Crippen molar-refractivity contribution in [1.82, 2.24) is 0 Å². The number of rotatable bonds is 0. The monoisotopic (exact) mass is 198 g/mol. The van der Waals surface area contributed by atoms with Crippen LogP contribution in [-0.4, -0.2) is 36.6 Å². The SMILES string of the molecule is CS(C)=O.O=S1(=O)CCCC1. The van der Waals surface area contributed by atoms with E-state index in [0.29, 0.717) is 11.5 Å². The molecular formula is C6H14O3S2. The first-order valence-corrected chi connectivity index (χ1v) is 7.18. The second-order valence-corrected chi connectivity index (χ2v) is 6.39. The van der Waals surface area contributed by atoms with Gasteiger partial charge in [0.25, 0.3) is 0 Å². The van der Waals surface area contributed by atoms with Crippen LogP contribution in [0.1, 0.15) is 12.8 Å². The first-order chi connectivity index (χ1) is 4.94. The smallest absolute Gasteiger partial charge is 0.150 e. The fourth-order valence-corrected chi connectivity index (χ4v) is 2.24. The Morgan fingerprint density at radius 1 is 1.09 bits per heavy atom. The summed E-state index contributed by atoms with van der Waals surface area (Å²) in [6.45, 7) is 0. The Balaban J connectivity index is 0.000000218. The molecular weight excluding hydrogens is 184 g/mol. The molecule has 0 aliphatic carbocycles. The van der Waals surface area contributed by atoms with E-state index in [4.69, 9.17) is 0 Å². The Morgan fingerprint density at radius 2 is 1.36 bits per heavy atom. The van der Waals surface area contributed by atoms with Crippen LogP contribution >= 0.6 is 0 Å². The first kappa shape index (κ1) is 11.1. The molecule has 5 heteroatoms. The van der Waals surface area contributed by atoms with Crippen molar-refractivity contribution < 1.29 is 12.6 Å². The van der Waals surface area contributed by atoms with E-state index in [1.165, 1.54) is 0 Å². The normalized spacial score (nSPS) is 21.0. The van der Waals surface area contributed by atoms with Gasteiger partial charge in [0.2, 0.25) is 0 Å². The third-order valence-electron chi connectivity index (χ3n) is 1.16. The van der Waals surface area contributed by atoms with E-state index in [1.807, 2.05) is 0 Å². The molecule has 11 heavy (non-hydrogen) atoms. The summed E-state index contributed by atoms with van der Waals surface area (Å²) in [5, 5.41) is 0. The zero-order valence-corrected chi connectivity index (χ0v) is 8.50. The van der Waals surface area contributed by atoms with Crippen molar-refractivity contribution in [3.8, 4) is 0 Å². The van der Waals surface area contributed by atoms with Crippen LogP contribution in [-0.2, 0) is 20.6 Å². The van der Waals surface area contributed by atoms with Gasteiger partial charge in [-0.15, -0.1) is 0 Å². The highest BCUT2D eigenvalue weighted by atomic mass is 32.2. The first-order valence-electron chi connectivity index (χ1n) is 3.39. The van der Waals surface area contributed by atoms with E-state index in [-0.39, 0.29) is 0 Å². The van der Waals surface area contributed by atoms with Gasteiger partial charge in [0.15, 0.2) is 0 Å². The summed E-state index contributed by atoms with van der Waals surface area (Å²) in [4.78, 5) is 0. The van der Waals surface area contributed by atoms with Gasteiger partial charge in [-0.2, -0.15) is 0 Å². The van der Waals surface area contributed by atoms with Crippen LogP contribution in [0.4, 0.5) is 0 Å². The molecule has 1 heterocycles. The van der Waals surface area contributed by atoms with Crippen LogP contribution < -0.4 is 0 Å². The van der Waals surface area contributed by atoms with Gasteiger partial charge in [0, 0.05) is 23.3 Å². The molecule has 0 N–H and O–H groups in total. The summed E-state index contributed by atoms with van der Waals surface area (Å²) >= 11 is 0. The average molecular weight is 198 g/mol. The van der Waals surface area contributed by atoms with Crippen LogP contribution in [0.2, 0.25) is 0 Å². The lowest BCUT2D eigenvalue weighted by atomic mass is 10.4. The lowest BCUT2D eigenvalue weighted by Gasteiger charge is -1.81. The van der Waals surface area contributed by atoms with Crippen molar-refractivity contribution in [3.63, 3.8) is 0 Å². The predicted molar refractivity (Wildman–Crippen MR) is 47.9 cm³/mol. The Morgan fingerprint density at radius 3 is 1.45 bits per heavy atom. The highest BCUT2D eigenvalue weighted by Crippen LogP contribution is 2.08. The van der Waals surface area contributed by atoms with E-state index >= 15 is 0 Å². The van der Waals surface area contributed by atoms with Gasteiger partial charge in [-0.1, -0.05) is 0 Å². The van der Waals surface area contributed by atoms with Crippen LogP contribution in [0, 0.1) is 0 Å². The number of hydrogen-bond donors (Lipinski definition) is 0. The Labute approximate surface area is 70.6 Å². The highest BCUT2D eigenvalue weighted by molar-refractivity contribution is 7.91. The molecule has 3 nitrogen and oxygen atoms in total. The third-order valence-corrected chi connectivity index (χ3v) is 2.98. The maximum Gasteiger partial charge on any atom is 0.150 e. The molecule has 0 spiro atoms. The minimum atomic E-state index is -2.55.